The minimum Gasteiger partial charge on any atom is -0.480 e. The fraction of sp³-hybridized carbons (Fsp3) is 0.750. The third kappa shape index (κ3) is 38.2. The predicted octanol–water partition coefficient (Wildman–Crippen LogP) is 12.7. The number of allylic oxidation sites excluding steroid dienone is 7. The van der Waals surface area contributed by atoms with Crippen molar-refractivity contribution in [2.45, 2.75) is 206 Å². The number of nitrogens with one attached hydrogen (secondary N) is 1. The molecule has 0 heterocycles. The lowest BCUT2D eigenvalue weighted by molar-refractivity contribution is -0.147. The SMILES string of the molecule is CCCCC/C=C\C/C=C\CCCCCCCCCCCC(=O)OC(/C=C\C/C=C\CCCCC)CCCCCCCCC(=O)NCC(=O)O. The van der Waals surface area contributed by atoms with Crippen molar-refractivity contribution in [3.05, 3.63) is 48.6 Å². The molecule has 0 bridgehead atoms. The van der Waals surface area contributed by atoms with Gasteiger partial charge in [-0.1, -0.05) is 153 Å². The largest absolute Gasteiger partial charge is 0.480 e. The Bertz CT molecular complexity index is 906. The Balaban J connectivity index is 4.10. The van der Waals surface area contributed by atoms with E-state index >= 15 is 0 Å². The highest BCUT2D eigenvalue weighted by molar-refractivity contribution is 5.80. The van der Waals surface area contributed by atoms with E-state index in [4.69, 9.17) is 9.84 Å². The van der Waals surface area contributed by atoms with Crippen molar-refractivity contribution in [3.8, 4) is 0 Å². The minimum atomic E-state index is -1.02. The van der Waals surface area contributed by atoms with Crippen molar-refractivity contribution in [2.24, 2.45) is 0 Å². The van der Waals surface area contributed by atoms with Gasteiger partial charge in [0.1, 0.15) is 12.6 Å². The number of unbranched alkanes of at least 4 members (excludes halogenated alkanes) is 20. The molecule has 0 aromatic rings. The summed E-state index contributed by atoms with van der Waals surface area (Å²) in [7, 11) is 0. The molecule has 1 unspecified atom stereocenters. The number of hydrogen-bond acceptors (Lipinski definition) is 4. The highest BCUT2D eigenvalue weighted by Gasteiger charge is 2.11. The summed E-state index contributed by atoms with van der Waals surface area (Å²) < 4.78 is 5.91. The van der Waals surface area contributed by atoms with Gasteiger partial charge in [0.2, 0.25) is 5.91 Å². The molecular formula is C44H77NO5. The van der Waals surface area contributed by atoms with Crippen LogP contribution in [0.5, 0.6) is 0 Å². The highest BCUT2D eigenvalue weighted by atomic mass is 16.5. The smallest absolute Gasteiger partial charge is 0.322 e. The third-order valence-corrected chi connectivity index (χ3v) is 8.96. The van der Waals surface area contributed by atoms with Crippen LogP contribution < -0.4 is 5.32 Å². The summed E-state index contributed by atoms with van der Waals surface area (Å²) >= 11 is 0. The van der Waals surface area contributed by atoms with Gasteiger partial charge in [-0.25, -0.2) is 0 Å². The lowest BCUT2D eigenvalue weighted by Crippen LogP contribution is -2.28. The maximum atomic E-state index is 12.7. The second kappa shape index (κ2) is 39.2. The molecular weight excluding hydrogens is 622 g/mol. The molecule has 1 atom stereocenters. The molecule has 0 fully saturated rings. The first kappa shape index (κ1) is 47.4. The molecule has 0 aliphatic carbocycles. The van der Waals surface area contributed by atoms with E-state index < -0.39 is 5.97 Å². The summed E-state index contributed by atoms with van der Waals surface area (Å²) in [6.07, 6.45) is 49.7. The summed E-state index contributed by atoms with van der Waals surface area (Å²) in [5.41, 5.74) is 0. The van der Waals surface area contributed by atoms with E-state index in [-0.39, 0.29) is 24.5 Å². The Labute approximate surface area is 308 Å². The average Bonchev–Trinajstić information content (AvgIpc) is 3.10. The van der Waals surface area contributed by atoms with Crippen LogP contribution in [-0.2, 0) is 19.1 Å². The van der Waals surface area contributed by atoms with Gasteiger partial charge in [0.25, 0.3) is 0 Å². The fourth-order valence-corrected chi connectivity index (χ4v) is 5.85. The molecule has 0 rings (SSSR count). The predicted molar refractivity (Wildman–Crippen MR) is 212 cm³/mol. The second-order valence-electron chi connectivity index (χ2n) is 13.9. The van der Waals surface area contributed by atoms with E-state index in [9.17, 15) is 14.4 Å². The second-order valence-corrected chi connectivity index (χ2v) is 13.9. The normalized spacial score (nSPS) is 12.5. The lowest BCUT2D eigenvalue weighted by Gasteiger charge is -2.14. The van der Waals surface area contributed by atoms with E-state index in [1.165, 1.54) is 96.3 Å². The van der Waals surface area contributed by atoms with Gasteiger partial charge in [-0.2, -0.15) is 0 Å². The van der Waals surface area contributed by atoms with Gasteiger partial charge in [-0.15, -0.1) is 0 Å². The van der Waals surface area contributed by atoms with Crippen LogP contribution >= 0.6 is 0 Å². The Morgan fingerprint density at radius 2 is 0.980 bits per heavy atom. The number of hydrogen-bond donors (Lipinski definition) is 2. The van der Waals surface area contributed by atoms with Crippen molar-refractivity contribution in [3.63, 3.8) is 0 Å². The zero-order valence-electron chi connectivity index (χ0n) is 32.5. The monoisotopic (exact) mass is 700 g/mol. The fourth-order valence-electron chi connectivity index (χ4n) is 5.85. The number of amides is 1. The van der Waals surface area contributed by atoms with Gasteiger partial charge in [-0.3, -0.25) is 14.4 Å². The van der Waals surface area contributed by atoms with Gasteiger partial charge in [0.15, 0.2) is 0 Å². The highest BCUT2D eigenvalue weighted by Crippen LogP contribution is 2.16. The van der Waals surface area contributed by atoms with Crippen LogP contribution in [0, 0.1) is 0 Å². The van der Waals surface area contributed by atoms with Crippen molar-refractivity contribution < 1.29 is 24.2 Å². The Kier molecular flexibility index (Phi) is 37.1. The van der Waals surface area contributed by atoms with Gasteiger partial charge in [-0.05, 0) is 83.1 Å². The van der Waals surface area contributed by atoms with Crippen LogP contribution in [0.3, 0.4) is 0 Å². The molecule has 0 aliphatic rings. The molecule has 6 nitrogen and oxygen atoms in total. The van der Waals surface area contributed by atoms with Crippen LogP contribution in [0.1, 0.15) is 200 Å². The molecule has 2 N–H and O–H groups in total. The van der Waals surface area contributed by atoms with E-state index in [0.29, 0.717) is 12.8 Å². The van der Waals surface area contributed by atoms with Crippen LogP contribution in [-0.4, -0.2) is 35.6 Å². The van der Waals surface area contributed by atoms with Crippen LogP contribution in [0.4, 0.5) is 0 Å². The summed E-state index contributed by atoms with van der Waals surface area (Å²) in [5, 5.41) is 11.0. The van der Waals surface area contributed by atoms with Crippen molar-refractivity contribution in [1.29, 1.82) is 0 Å². The molecule has 0 aromatic carbocycles. The number of carboxylic acid groups (broad SMARTS) is 1. The van der Waals surface area contributed by atoms with E-state index in [0.717, 1.165) is 77.0 Å². The average molecular weight is 700 g/mol. The Morgan fingerprint density at radius 3 is 1.50 bits per heavy atom. The van der Waals surface area contributed by atoms with Crippen LogP contribution in [0.25, 0.3) is 0 Å². The quantitative estimate of drug-likeness (QED) is 0.0382. The molecule has 1 amide bonds. The molecule has 6 heteroatoms. The first-order valence-corrected chi connectivity index (χ1v) is 20.8. The summed E-state index contributed by atoms with van der Waals surface area (Å²) in [5.74, 6) is -1.29. The topological polar surface area (TPSA) is 92.7 Å². The Morgan fingerprint density at radius 1 is 0.540 bits per heavy atom. The Hall–Kier alpha value is -2.63. The number of carboxylic acids is 1. The molecule has 288 valence electrons. The van der Waals surface area contributed by atoms with Crippen molar-refractivity contribution in [1.82, 2.24) is 5.32 Å². The number of ether oxygens (including phenoxy) is 1. The molecule has 0 saturated heterocycles. The first-order valence-electron chi connectivity index (χ1n) is 20.8. The maximum Gasteiger partial charge on any atom is 0.322 e. The standard InChI is InChI=1S/C44H77NO5/c1-3-5-7-9-11-13-14-15-16-17-18-19-20-21-22-23-25-31-35-39-44(49)50-41(36-32-28-24-12-10-8-6-4-2)37-33-29-26-27-30-34-38-42(46)45-40-43(47)48/h11-13,15-16,24,32,36,41H,3-10,14,17-23,25-31,33-35,37-40H2,1-2H3,(H,45,46)(H,47,48)/b13-11-,16-15-,24-12-,36-32-. The number of rotatable bonds is 37. The molecule has 0 aromatic heterocycles. The van der Waals surface area contributed by atoms with Gasteiger partial charge < -0.3 is 15.2 Å². The minimum absolute atomic E-state index is 0.0759. The number of esters is 1. The van der Waals surface area contributed by atoms with Crippen LogP contribution in [0.2, 0.25) is 0 Å². The van der Waals surface area contributed by atoms with Gasteiger partial charge in [0.05, 0.1) is 0 Å². The molecule has 0 spiro atoms. The maximum absolute atomic E-state index is 12.7. The number of carbonyl (C=O) groups excluding carboxylic acids is 2. The van der Waals surface area contributed by atoms with E-state index in [1.54, 1.807) is 0 Å². The molecule has 50 heavy (non-hydrogen) atoms. The lowest BCUT2D eigenvalue weighted by atomic mass is 10.0. The van der Waals surface area contributed by atoms with E-state index in [1.807, 2.05) is 0 Å². The van der Waals surface area contributed by atoms with Crippen molar-refractivity contribution in [2.75, 3.05) is 6.54 Å². The number of aliphatic carboxylic acids is 1. The third-order valence-electron chi connectivity index (χ3n) is 8.96. The number of carbonyl (C=O) groups is 3. The molecule has 0 saturated carbocycles. The van der Waals surface area contributed by atoms with Gasteiger partial charge in [0, 0.05) is 12.8 Å². The first-order chi connectivity index (χ1) is 24.5. The zero-order valence-corrected chi connectivity index (χ0v) is 32.5. The summed E-state index contributed by atoms with van der Waals surface area (Å²) in [4.78, 5) is 34.8. The molecule has 0 radical (unpaired) electrons. The van der Waals surface area contributed by atoms with E-state index in [2.05, 4.69) is 67.8 Å². The summed E-state index contributed by atoms with van der Waals surface area (Å²) in [6.45, 7) is 4.16. The molecule has 0 aliphatic heterocycles. The van der Waals surface area contributed by atoms with Gasteiger partial charge >= 0.3 is 11.9 Å². The van der Waals surface area contributed by atoms with Crippen LogP contribution in [0.15, 0.2) is 48.6 Å². The summed E-state index contributed by atoms with van der Waals surface area (Å²) in [6, 6.07) is 0. The van der Waals surface area contributed by atoms with Crippen molar-refractivity contribution >= 4 is 17.8 Å². The zero-order chi connectivity index (χ0) is 36.6.